The molecule has 2 aromatic rings. The van der Waals surface area contributed by atoms with Gasteiger partial charge in [-0.05, 0) is 33.2 Å². The molecule has 1 aliphatic heterocycles. The van der Waals surface area contributed by atoms with Crippen molar-refractivity contribution in [3.63, 3.8) is 0 Å². The lowest BCUT2D eigenvalue weighted by Gasteiger charge is -2.37. The summed E-state index contributed by atoms with van der Waals surface area (Å²) in [5, 5.41) is 3.91. The average molecular weight is 261 g/mol. The summed E-state index contributed by atoms with van der Waals surface area (Å²) in [4.78, 5) is 14.2. The second kappa shape index (κ2) is 4.77. The quantitative estimate of drug-likeness (QED) is 0.909. The summed E-state index contributed by atoms with van der Waals surface area (Å²) >= 11 is 0. The fourth-order valence-corrected chi connectivity index (χ4v) is 2.79. The van der Waals surface area contributed by atoms with Gasteiger partial charge in [0.1, 0.15) is 5.82 Å². The Kier molecular flexibility index (Phi) is 3.10. The van der Waals surface area contributed by atoms with Crippen molar-refractivity contribution in [1.29, 1.82) is 0 Å². The van der Waals surface area contributed by atoms with E-state index in [-0.39, 0.29) is 5.41 Å². The highest BCUT2D eigenvalue weighted by molar-refractivity contribution is 5.06. The zero-order chi connectivity index (χ0) is 13.3. The molecule has 0 aliphatic carbocycles. The third-order valence-electron chi connectivity index (χ3n) is 3.75. The molecule has 0 spiro atoms. The molecule has 1 saturated heterocycles. The largest absolute Gasteiger partial charge is 0.348 e. The number of nitrogens with zero attached hydrogens (tertiary/aromatic N) is 4. The van der Waals surface area contributed by atoms with Crippen LogP contribution in [0.5, 0.6) is 0 Å². The van der Waals surface area contributed by atoms with Crippen molar-refractivity contribution in [1.82, 2.24) is 25.0 Å². The molecule has 19 heavy (non-hydrogen) atoms. The van der Waals surface area contributed by atoms with Crippen molar-refractivity contribution in [2.45, 2.75) is 38.6 Å². The number of imidazole rings is 1. The van der Waals surface area contributed by atoms with E-state index >= 15 is 0 Å². The molecule has 1 N–H and O–H groups in total. The maximum atomic E-state index is 5.38. The van der Waals surface area contributed by atoms with Gasteiger partial charge in [-0.25, -0.2) is 4.98 Å². The minimum atomic E-state index is -0.0495. The van der Waals surface area contributed by atoms with Crippen LogP contribution in [0.4, 0.5) is 0 Å². The summed E-state index contributed by atoms with van der Waals surface area (Å²) in [6.07, 6.45) is 5.88. The molecule has 6 nitrogen and oxygen atoms in total. The van der Waals surface area contributed by atoms with Crippen LogP contribution in [0.25, 0.3) is 0 Å². The van der Waals surface area contributed by atoms with Gasteiger partial charge in [-0.15, -0.1) is 0 Å². The van der Waals surface area contributed by atoms with Gasteiger partial charge in [0.15, 0.2) is 5.82 Å². The smallest absolute Gasteiger partial charge is 0.233 e. The number of hydrogen-bond donors (Lipinski definition) is 1. The Hall–Kier alpha value is -1.69. The van der Waals surface area contributed by atoms with Crippen LogP contribution in [0.2, 0.25) is 0 Å². The van der Waals surface area contributed by atoms with E-state index in [0.29, 0.717) is 5.82 Å². The number of aromatic amines is 1. The van der Waals surface area contributed by atoms with Crippen molar-refractivity contribution >= 4 is 0 Å². The maximum Gasteiger partial charge on any atom is 0.233 e. The topological polar surface area (TPSA) is 70.8 Å². The lowest BCUT2D eigenvalue weighted by Crippen LogP contribution is -2.44. The van der Waals surface area contributed by atoms with E-state index in [4.69, 9.17) is 4.52 Å². The second-order valence-corrected chi connectivity index (χ2v) is 5.56. The Morgan fingerprint density at radius 1 is 1.53 bits per heavy atom. The highest BCUT2D eigenvalue weighted by atomic mass is 16.5. The van der Waals surface area contributed by atoms with Crippen LogP contribution >= 0.6 is 0 Å². The van der Waals surface area contributed by atoms with Gasteiger partial charge in [0.05, 0.1) is 12.0 Å². The van der Waals surface area contributed by atoms with Gasteiger partial charge >= 0.3 is 0 Å². The van der Waals surface area contributed by atoms with Crippen molar-refractivity contribution in [3.05, 3.63) is 29.9 Å². The number of rotatable bonds is 3. The number of aromatic nitrogens is 4. The molecule has 1 aliphatic rings. The lowest BCUT2D eigenvalue weighted by atomic mass is 9.81. The first-order valence-electron chi connectivity index (χ1n) is 6.67. The molecule has 0 bridgehead atoms. The van der Waals surface area contributed by atoms with E-state index in [1.54, 1.807) is 6.20 Å². The van der Waals surface area contributed by atoms with Crippen LogP contribution in [-0.4, -0.2) is 38.1 Å². The fourth-order valence-electron chi connectivity index (χ4n) is 2.79. The first-order chi connectivity index (χ1) is 9.16. The predicted octanol–water partition coefficient (Wildman–Crippen LogP) is 1.65. The molecule has 0 radical (unpaired) electrons. The van der Waals surface area contributed by atoms with Crippen molar-refractivity contribution < 1.29 is 4.52 Å². The van der Waals surface area contributed by atoms with Gasteiger partial charge in [0, 0.05) is 18.9 Å². The molecule has 0 saturated carbocycles. The van der Waals surface area contributed by atoms with E-state index in [2.05, 4.69) is 31.9 Å². The summed E-state index contributed by atoms with van der Waals surface area (Å²) in [7, 11) is 0. The van der Waals surface area contributed by atoms with Crippen LogP contribution in [0.15, 0.2) is 16.9 Å². The van der Waals surface area contributed by atoms with Crippen molar-refractivity contribution in [2.75, 3.05) is 13.1 Å². The van der Waals surface area contributed by atoms with E-state index in [1.165, 1.54) is 0 Å². The van der Waals surface area contributed by atoms with E-state index < -0.39 is 0 Å². The highest BCUT2D eigenvalue weighted by Gasteiger charge is 2.37. The normalized spacial score (nSPS) is 24.7. The van der Waals surface area contributed by atoms with Crippen LogP contribution in [-0.2, 0) is 12.0 Å². The molecule has 3 heterocycles. The van der Waals surface area contributed by atoms with Crippen LogP contribution in [0.3, 0.4) is 0 Å². The average Bonchev–Trinajstić information content (AvgIpc) is 3.01. The van der Waals surface area contributed by atoms with Crippen molar-refractivity contribution in [3.8, 4) is 0 Å². The number of likely N-dealkylation sites (tertiary alicyclic amines) is 1. The molecule has 1 fully saturated rings. The molecule has 6 heteroatoms. The maximum absolute atomic E-state index is 5.38. The number of piperidine rings is 1. The zero-order valence-electron chi connectivity index (χ0n) is 11.4. The van der Waals surface area contributed by atoms with Crippen LogP contribution < -0.4 is 0 Å². The molecule has 3 rings (SSSR count). The molecular weight excluding hydrogens is 242 g/mol. The SMILES string of the molecule is Cc1noc([C@@]2(C)CCCN(Cc3ncc[nH]3)C2)n1. The Balaban J connectivity index is 1.73. The third kappa shape index (κ3) is 2.53. The molecular formula is C13H19N5O. The molecule has 0 aromatic carbocycles. The van der Waals surface area contributed by atoms with Gasteiger partial charge in [-0.3, -0.25) is 4.90 Å². The Bertz CT molecular complexity index is 535. The van der Waals surface area contributed by atoms with Crippen LogP contribution in [0, 0.1) is 6.92 Å². The van der Waals surface area contributed by atoms with Gasteiger partial charge in [-0.2, -0.15) is 4.98 Å². The van der Waals surface area contributed by atoms with Gasteiger partial charge in [-0.1, -0.05) is 5.16 Å². The Labute approximate surface area is 112 Å². The van der Waals surface area contributed by atoms with E-state index in [0.717, 1.165) is 44.2 Å². The minimum absolute atomic E-state index is 0.0495. The molecule has 1 atom stereocenters. The summed E-state index contributed by atoms with van der Waals surface area (Å²) in [5.74, 6) is 2.47. The zero-order valence-corrected chi connectivity index (χ0v) is 11.4. The predicted molar refractivity (Wildman–Crippen MR) is 69.5 cm³/mol. The van der Waals surface area contributed by atoms with Gasteiger partial charge < -0.3 is 9.51 Å². The molecule has 2 aromatic heterocycles. The molecule has 0 amide bonds. The third-order valence-corrected chi connectivity index (χ3v) is 3.75. The summed E-state index contributed by atoms with van der Waals surface area (Å²) in [5.41, 5.74) is -0.0495. The van der Waals surface area contributed by atoms with E-state index in [1.807, 2.05) is 13.1 Å². The highest BCUT2D eigenvalue weighted by Crippen LogP contribution is 2.32. The molecule has 102 valence electrons. The first-order valence-corrected chi connectivity index (χ1v) is 6.67. The summed E-state index contributed by atoms with van der Waals surface area (Å²) in [6, 6.07) is 0. The van der Waals surface area contributed by atoms with Crippen LogP contribution in [0.1, 0.15) is 37.3 Å². The van der Waals surface area contributed by atoms with Gasteiger partial charge in [0.2, 0.25) is 5.89 Å². The fraction of sp³-hybridized carbons (Fsp3) is 0.615. The Morgan fingerprint density at radius 3 is 3.11 bits per heavy atom. The Morgan fingerprint density at radius 2 is 2.42 bits per heavy atom. The summed E-state index contributed by atoms with van der Waals surface area (Å²) < 4.78 is 5.38. The van der Waals surface area contributed by atoms with Gasteiger partial charge in [0.25, 0.3) is 0 Å². The lowest BCUT2D eigenvalue weighted by molar-refractivity contribution is 0.122. The number of nitrogens with one attached hydrogen (secondary N) is 1. The first kappa shape index (κ1) is 12.3. The molecule has 0 unspecified atom stereocenters. The monoisotopic (exact) mass is 261 g/mol. The van der Waals surface area contributed by atoms with Crippen molar-refractivity contribution in [2.24, 2.45) is 0 Å². The minimum Gasteiger partial charge on any atom is -0.348 e. The number of H-pyrrole nitrogens is 1. The number of hydrogen-bond acceptors (Lipinski definition) is 5. The standard InChI is InChI=1S/C13H19N5O/c1-10-16-12(19-17-10)13(2)4-3-7-18(9-13)8-11-14-5-6-15-11/h5-6H,3-4,7-9H2,1-2H3,(H,14,15)/t13-/m0/s1. The number of aryl methyl sites for hydroxylation is 1. The summed E-state index contributed by atoms with van der Waals surface area (Å²) in [6.45, 7) is 6.92. The van der Waals surface area contributed by atoms with E-state index in [9.17, 15) is 0 Å². The second-order valence-electron chi connectivity index (χ2n) is 5.56.